The summed E-state index contributed by atoms with van der Waals surface area (Å²) >= 11 is 3.05. The van der Waals surface area contributed by atoms with Crippen LogP contribution in [-0.2, 0) is 14.2 Å². The lowest BCUT2D eigenvalue weighted by Crippen LogP contribution is -2.37. The van der Waals surface area contributed by atoms with Crippen LogP contribution in [0.2, 0.25) is 0 Å². The first-order chi connectivity index (χ1) is 12.6. The minimum atomic E-state index is -1.58. The fourth-order valence-corrected chi connectivity index (χ4v) is 3.11. The van der Waals surface area contributed by atoms with Crippen LogP contribution in [0, 0.1) is 0 Å². The van der Waals surface area contributed by atoms with Gasteiger partial charge in [0, 0.05) is 0 Å². The Bertz CT molecular complexity index is 755. The number of benzene rings is 2. The van der Waals surface area contributed by atoms with E-state index in [1.54, 1.807) is 60.7 Å². The molecular formula is C19H16BrFO5. The molecule has 0 N–H and O–H groups in total. The summed E-state index contributed by atoms with van der Waals surface area (Å²) in [6.45, 7) is -0.233. The zero-order valence-corrected chi connectivity index (χ0v) is 15.2. The first-order valence-electron chi connectivity index (χ1n) is 7.98. The summed E-state index contributed by atoms with van der Waals surface area (Å²) < 4.78 is 30.2. The van der Waals surface area contributed by atoms with E-state index in [1.165, 1.54) is 0 Å². The van der Waals surface area contributed by atoms with Gasteiger partial charge in [0.25, 0.3) is 0 Å². The van der Waals surface area contributed by atoms with Gasteiger partial charge in [0.15, 0.2) is 12.3 Å². The van der Waals surface area contributed by atoms with Gasteiger partial charge in [0.2, 0.25) is 0 Å². The quantitative estimate of drug-likeness (QED) is 0.545. The largest absolute Gasteiger partial charge is 0.459 e. The fourth-order valence-electron chi connectivity index (χ4n) is 2.53. The molecule has 0 spiro atoms. The van der Waals surface area contributed by atoms with E-state index in [2.05, 4.69) is 15.9 Å². The highest BCUT2D eigenvalue weighted by Crippen LogP contribution is 2.31. The Kier molecular flexibility index (Phi) is 6.00. The van der Waals surface area contributed by atoms with Crippen molar-refractivity contribution >= 4 is 27.9 Å². The topological polar surface area (TPSA) is 61.8 Å². The molecule has 0 aromatic heterocycles. The predicted octanol–water partition coefficient (Wildman–Crippen LogP) is 3.53. The highest BCUT2D eigenvalue weighted by molar-refractivity contribution is 9.09. The number of alkyl halides is 2. The molecule has 0 saturated carbocycles. The van der Waals surface area contributed by atoms with Crippen molar-refractivity contribution in [1.82, 2.24) is 0 Å². The maximum atomic E-state index is 14.4. The maximum Gasteiger partial charge on any atom is 0.338 e. The molecule has 3 rings (SSSR count). The molecule has 2 aromatic carbocycles. The van der Waals surface area contributed by atoms with Crippen molar-refractivity contribution in [3.63, 3.8) is 0 Å². The number of halogens is 2. The summed E-state index contributed by atoms with van der Waals surface area (Å²) in [7, 11) is 0. The number of rotatable bonds is 5. The van der Waals surface area contributed by atoms with Gasteiger partial charge in [0.1, 0.15) is 17.7 Å². The molecule has 4 atom stereocenters. The standard InChI is InChI=1S/C19H16BrFO5/c20-17-15(21)16(26-19(23)13-9-5-2-6-10-13)14(25-17)11-24-18(22)12-7-3-1-4-8-12/h1-10,14-17H,11H2/i21-1. The van der Waals surface area contributed by atoms with Crippen molar-refractivity contribution in [3.8, 4) is 0 Å². The molecule has 1 aliphatic rings. The second-order valence-corrected chi connectivity index (χ2v) is 6.57. The second kappa shape index (κ2) is 8.42. The molecular weight excluding hydrogens is 406 g/mol. The van der Waals surface area contributed by atoms with Crippen LogP contribution in [0.1, 0.15) is 20.7 Å². The van der Waals surface area contributed by atoms with Crippen LogP contribution < -0.4 is 0 Å². The van der Waals surface area contributed by atoms with Crippen LogP contribution in [-0.4, -0.2) is 41.9 Å². The van der Waals surface area contributed by atoms with Gasteiger partial charge < -0.3 is 14.2 Å². The number of carbonyl (C=O) groups is 2. The lowest BCUT2D eigenvalue weighted by Gasteiger charge is -2.19. The van der Waals surface area contributed by atoms with E-state index in [4.69, 9.17) is 14.2 Å². The van der Waals surface area contributed by atoms with Gasteiger partial charge in [0.05, 0.1) is 11.1 Å². The lowest BCUT2D eigenvalue weighted by atomic mass is 10.1. The third kappa shape index (κ3) is 4.28. The van der Waals surface area contributed by atoms with Gasteiger partial charge in [-0.15, -0.1) is 0 Å². The van der Waals surface area contributed by atoms with Crippen LogP contribution in [0.4, 0.5) is 4.39 Å². The van der Waals surface area contributed by atoms with Crippen molar-refractivity contribution in [2.75, 3.05) is 6.61 Å². The Morgan fingerprint density at radius 2 is 1.50 bits per heavy atom. The predicted molar refractivity (Wildman–Crippen MR) is 94.9 cm³/mol. The zero-order valence-electron chi connectivity index (χ0n) is 13.6. The van der Waals surface area contributed by atoms with Crippen LogP contribution >= 0.6 is 15.9 Å². The molecule has 4 unspecified atom stereocenters. The van der Waals surface area contributed by atoms with Gasteiger partial charge in [-0.3, -0.25) is 0 Å². The number of hydrogen-bond acceptors (Lipinski definition) is 5. The molecule has 0 bridgehead atoms. The fraction of sp³-hybridized carbons (Fsp3) is 0.263. The first kappa shape index (κ1) is 18.5. The average Bonchev–Trinajstić information content (AvgIpc) is 2.95. The smallest absolute Gasteiger partial charge is 0.338 e. The van der Waals surface area contributed by atoms with E-state index in [9.17, 15) is 14.0 Å². The number of hydrogen-bond donors (Lipinski definition) is 0. The number of esters is 2. The molecule has 1 heterocycles. The van der Waals surface area contributed by atoms with Gasteiger partial charge in [-0.1, -0.05) is 52.3 Å². The molecule has 7 heteroatoms. The molecule has 2 aromatic rings. The zero-order chi connectivity index (χ0) is 18.5. The molecule has 5 nitrogen and oxygen atoms in total. The van der Waals surface area contributed by atoms with Crippen LogP contribution in [0.5, 0.6) is 0 Å². The summed E-state index contributed by atoms with van der Waals surface area (Å²) in [5, 5.41) is -0.948. The maximum absolute atomic E-state index is 14.4. The SMILES string of the molecule is O=C(OCC1OC(Br)C([18F])C1OC(=O)c1ccccc1)c1ccccc1. The van der Waals surface area contributed by atoms with Crippen molar-refractivity contribution < 1.29 is 28.2 Å². The summed E-state index contributed by atoms with van der Waals surface area (Å²) in [5.74, 6) is -1.22. The van der Waals surface area contributed by atoms with Gasteiger partial charge in [-0.25, -0.2) is 14.0 Å². The molecule has 1 aliphatic heterocycles. The lowest BCUT2D eigenvalue weighted by molar-refractivity contribution is -0.0342. The van der Waals surface area contributed by atoms with Crippen LogP contribution in [0.15, 0.2) is 60.7 Å². The molecule has 0 radical (unpaired) electrons. The van der Waals surface area contributed by atoms with Gasteiger partial charge in [-0.05, 0) is 24.3 Å². The summed E-state index contributed by atoms with van der Waals surface area (Å²) in [5.41, 5.74) is 0.674. The third-order valence-corrected chi connectivity index (χ3v) is 4.60. The molecule has 1 fully saturated rings. The van der Waals surface area contributed by atoms with E-state index < -0.39 is 35.3 Å². The van der Waals surface area contributed by atoms with E-state index >= 15 is 0 Å². The Hall–Kier alpha value is -2.25. The Morgan fingerprint density at radius 1 is 0.962 bits per heavy atom. The summed E-state index contributed by atoms with van der Waals surface area (Å²) in [4.78, 5) is 24.2. The Balaban J connectivity index is 1.63. The van der Waals surface area contributed by atoms with Crippen LogP contribution in [0.3, 0.4) is 0 Å². The Morgan fingerprint density at radius 3 is 2.08 bits per heavy atom. The summed E-state index contributed by atoms with van der Waals surface area (Å²) in [6, 6.07) is 16.7. The normalized spacial score (nSPS) is 24.8. The van der Waals surface area contributed by atoms with Gasteiger partial charge in [-0.2, -0.15) is 0 Å². The van der Waals surface area contributed by atoms with Crippen molar-refractivity contribution in [3.05, 3.63) is 71.8 Å². The average molecular weight is 422 g/mol. The number of ether oxygens (including phenoxy) is 3. The van der Waals surface area contributed by atoms with E-state index in [1.807, 2.05) is 0 Å². The van der Waals surface area contributed by atoms with E-state index in [-0.39, 0.29) is 6.61 Å². The van der Waals surface area contributed by atoms with Crippen molar-refractivity contribution in [2.45, 2.75) is 23.4 Å². The van der Waals surface area contributed by atoms with Crippen molar-refractivity contribution in [1.29, 1.82) is 0 Å². The highest BCUT2D eigenvalue weighted by atomic mass is 79.9. The van der Waals surface area contributed by atoms with Gasteiger partial charge >= 0.3 is 11.9 Å². The van der Waals surface area contributed by atoms with Crippen LogP contribution in [0.25, 0.3) is 0 Å². The second-order valence-electron chi connectivity index (χ2n) is 5.67. The highest BCUT2D eigenvalue weighted by Gasteiger charge is 2.47. The number of carbonyl (C=O) groups excluding carboxylic acids is 2. The van der Waals surface area contributed by atoms with E-state index in [0.717, 1.165) is 0 Å². The minimum absolute atomic E-state index is 0.233. The first-order valence-corrected chi connectivity index (χ1v) is 8.89. The Labute approximate surface area is 158 Å². The molecule has 26 heavy (non-hydrogen) atoms. The molecule has 136 valence electrons. The van der Waals surface area contributed by atoms with Crippen molar-refractivity contribution in [2.24, 2.45) is 0 Å². The molecule has 0 aliphatic carbocycles. The monoisotopic (exact) mass is 421 g/mol. The minimum Gasteiger partial charge on any atom is -0.459 e. The molecule has 0 amide bonds. The molecule has 1 saturated heterocycles. The third-order valence-electron chi connectivity index (χ3n) is 3.88. The summed E-state index contributed by atoms with van der Waals surface area (Å²) in [6.07, 6.45) is -3.67. The van der Waals surface area contributed by atoms with E-state index in [0.29, 0.717) is 11.1 Å².